The standard InChI is InChI=1S/C14H25N3O4/c1-13(2,3)21-12(18)9-11-8-10(6-7-16-17-15)19-14(4,5)20-11/h10-11H,6-9H2,1-5H3/t10-,11?/m1/s1. The summed E-state index contributed by atoms with van der Waals surface area (Å²) >= 11 is 0. The molecule has 1 aliphatic rings. The summed E-state index contributed by atoms with van der Waals surface area (Å²) in [5, 5.41) is 3.52. The van der Waals surface area contributed by atoms with Crippen molar-refractivity contribution in [2.75, 3.05) is 6.54 Å². The Kier molecular flexibility index (Phi) is 6.01. The Morgan fingerprint density at radius 2 is 2.00 bits per heavy atom. The highest BCUT2D eigenvalue weighted by atomic mass is 16.7. The minimum Gasteiger partial charge on any atom is -0.460 e. The van der Waals surface area contributed by atoms with E-state index in [1.807, 2.05) is 34.6 Å². The molecule has 2 atom stereocenters. The molecule has 0 radical (unpaired) electrons. The van der Waals surface area contributed by atoms with Crippen molar-refractivity contribution in [2.45, 2.75) is 77.5 Å². The maximum atomic E-state index is 11.9. The molecule has 0 aromatic rings. The fourth-order valence-electron chi connectivity index (χ4n) is 2.34. The average molecular weight is 299 g/mol. The molecule has 1 unspecified atom stereocenters. The molecule has 7 heteroatoms. The lowest BCUT2D eigenvalue weighted by Crippen LogP contribution is -2.45. The Morgan fingerprint density at radius 3 is 2.57 bits per heavy atom. The van der Waals surface area contributed by atoms with Crippen molar-refractivity contribution in [1.29, 1.82) is 0 Å². The van der Waals surface area contributed by atoms with Gasteiger partial charge in [0.2, 0.25) is 0 Å². The highest BCUT2D eigenvalue weighted by Crippen LogP contribution is 2.30. The highest BCUT2D eigenvalue weighted by molar-refractivity contribution is 5.70. The minimum absolute atomic E-state index is 0.0910. The summed E-state index contributed by atoms with van der Waals surface area (Å²) in [6.07, 6.45) is 1.05. The van der Waals surface area contributed by atoms with E-state index >= 15 is 0 Å². The molecule has 0 amide bonds. The van der Waals surface area contributed by atoms with Gasteiger partial charge < -0.3 is 14.2 Å². The van der Waals surface area contributed by atoms with E-state index in [9.17, 15) is 4.79 Å². The zero-order chi connectivity index (χ0) is 16.1. The molecular formula is C14H25N3O4. The molecule has 7 nitrogen and oxygen atoms in total. The van der Waals surface area contributed by atoms with Crippen LogP contribution in [0, 0.1) is 0 Å². The van der Waals surface area contributed by atoms with Gasteiger partial charge >= 0.3 is 5.97 Å². The third-order valence-corrected chi connectivity index (χ3v) is 2.86. The molecule has 0 N–H and O–H groups in total. The smallest absolute Gasteiger partial charge is 0.308 e. The molecule has 0 aromatic heterocycles. The van der Waals surface area contributed by atoms with Crippen molar-refractivity contribution in [3.63, 3.8) is 0 Å². The molecule has 1 saturated heterocycles. The fraction of sp³-hybridized carbons (Fsp3) is 0.929. The van der Waals surface area contributed by atoms with Crippen LogP contribution < -0.4 is 0 Å². The quantitative estimate of drug-likeness (QED) is 0.337. The number of rotatable bonds is 5. The summed E-state index contributed by atoms with van der Waals surface area (Å²) in [6.45, 7) is 9.51. The van der Waals surface area contributed by atoms with Crippen LogP contribution in [0.2, 0.25) is 0 Å². The second-order valence-electron chi connectivity index (χ2n) is 6.65. The Hall–Kier alpha value is -1.30. The average Bonchev–Trinajstić information content (AvgIpc) is 2.23. The van der Waals surface area contributed by atoms with Gasteiger partial charge in [0.25, 0.3) is 0 Å². The van der Waals surface area contributed by atoms with Crippen molar-refractivity contribution in [2.24, 2.45) is 5.11 Å². The topological polar surface area (TPSA) is 93.5 Å². The molecule has 0 spiro atoms. The van der Waals surface area contributed by atoms with Crippen LogP contribution in [0.3, 0.4) is 0 Å². The molecule has 0 bridgehead atoms. The molecular weight excluding hydrogens is 274 g/mol. The second-order valence-corrected chi connectivity index (χ2v) is 6.65. The molecule has 1 aliphatic heterocycles. The third kappa shape index (κ3) is 7.32. The minimum atomic E-state index is -0.758. The predicted molar refractivity (Wildman–Crippen MR) is 77.5 cm³/mol. The van der Waals surface area contributed by atoms with Crippen LogP contribution in [0.1, 0.15) is 53.9 Å². The van der Waals surface area contributed by atoms with E-state index in [0.717, 1.165) is 0 Å². The summed E-state index contributed by atoms with van der Waals surface area (Å²) in [6, 6.07) is 0. The Labute approximate surface area is 125 Å². The van der Waals surface area contributed by atoms with Crippen molar-refractivity contribution in [1.82, 2.24) is 0 Å². The van der Waals surface area contributed by atoms with Gasteiger partial charge in [0.05, 0.1) is 18.6 Å². The van der Waals surface area contributed by atoms with E-state index in [1.165, 1.54) is 0 Å². The number of hydrogen-bond acceptors (Lipinski definition) is 5. The number of carbonyl (C=O) groups is 1. The lowest BCUT2D eigenvalue weighted by atomic mass is 10.0. The van der Waals surface area contributed by atoms with Gasteiger partial charge in [0.15, 0.2) is 5.79 Å². The van der Waals surface area contributed by atoms with Crippen LogP contribution in [0.5, 0.6) is 0 Å². The molecule has 1 heterocycles. The van der Waals surface area contributed by atoms with Gasteiger partial charge in [-0.3, -0.25) is 4.79 Å². The number of azide groups is 1. The highest BCUT2D eigenvalue weighted by Gasteiger charge is 2.36. The summed E-state index contributed by atoms with van der Waals surface area (Å²) < 4.78 is 16.9. The first-order chi connectivity index (χ1) is 9.61. The zero-order valence-electron chi connectivity index (χ0n) is 13.5. The van der Waals surface area contributed by atoms with E-state index < -0.39 is 11.4 Å². The maximum Gasteiger partial charge on any atom is 0.308 e. The van der Waals surface area contributed by atoms with Crippen LogP contribution >= 0.6 is 0 Å². The van der Waals surface area contributed by atoms with Crippen LogP contribution in [0.25, 0.3) is 10.4 Å². The second kappa shape index (κ2) is 7.11. The Morgan fingerprint density at radius 1 is 1.38 bits per heavy atom. The van der Waals surface area contributed by atoms with E-state index in [1.54, 1.807) is 0 Å². The first kappa shape index (κ1) is 17.8. The third-order valence-electron chi connectivity index (χ3n) is 2.86. The van der Waals surface area contributed by atoms with Gasteiger partial charge in [0, 0.05) is 17.9 Å². The van der Waals surface area contributed by atoms with Crippen LogP contribution in [-0.4, -0.2) is 36.1 Å². The van der Waals surface area contributed by atoms with Crippen LogP contribution in [0.4, 0.5) is 0 Å². The number of esters is 1. The van der Waals surface area contributed by atoms with E-state index in [-0.39, 0.29) is 24.6 Å². The van der Waals surface area contributed by atoms with Gasteiger partial charge in [-0.15, -0.1) is 0 Å². The zero-order valence-corrected chi connectivity index (χ0v) is 13.5. The Bertz CT molecular complexity index is 411. The molecule has 1 rings (SSSR count). The van der Waals surface area contributed by atoms with Crippen LogP contribution in [-0.2, 0) is 19.0 Å². The van der Waals surface area contributed by atoms with E-state index in [2.05, 4.69) is 10.0 Å². The summed E-state index contributed by atoms with van der Waals surface area (Å²) in [7, 11) is 0. The first-order valence-corrected chi connectivity index (χ1v) is 7.19. The van der Waals surface area contributed by atoms with Gasteiger partial charge in [0.1, 0.15) is 5.60 Å². The van der Waals surface area contributed by atoms with Gasteiger partial charge in [-0.1, -0.05) is 5.11 Å². The Balaban J connectivity index is 2.56. The number of nitrogens with zero attached hydrogens (tertiary/aromatic N) is 3. The normalized spacial score (nSPS) is 25.0. The summed E-state index contributed by atoms with van der Waals surface area (Å²) in [5.41, 5.74) is 7.81. The largest absolute Gasteiger partial charge is 0.460 e. The lowest BCUT2D eigenvalue weighted by molar-refractivity contribution is -0.300. The molecule has 0 aromatic carbocycles. The first-order valence-electron chi connectivity index (χ1n) is 7.19. The van der Waals surface area contributed by atoms with E-state index in [4.69, 9.17) is 19.7 Å². The van der Waals surface area contributed by atoms with Crippen LogP contribution in [0.15, 0.2) is 5.11 Å². The molecule has 0 saturated carbocycles. The SMILES string of the molecule is CC(C)(C)OC(=O)CC1C[C@@H](CCN=[N+]=[N-])OC(C)(C)O1. The van der Waals surface area contributed by atoms with Gasteiger partial charge in [-0.05, 0) is 46.6 Å². The number of ether oxygens (including phenoxy) is 3. The van der Waals surface area contributed by atoms with Gasteiger partial charge in [-0.2, -0.15) is 0 Å². The molecule has 120 valence electrons. The van der Waals surface area contributed by atoms with Gasteiger partial charge in [-0.25, -0.2) is 0 Å². The number of carbonyl (C=O) groups excluding carboxylic acids is 1. The monoisotopic (exact) mass is 299 g/mol. The fourth-order valence-corrected chi connectivity index (χ4v) is 2.34. The summed E-state index contributed by atoms with van der Waals surface area (Å²) in [5.74, 6) is -1.04. The predicted octanol–water partition coefficient (Wildman–Crippen LogP) is 3.33. The van der Waals surface area contributed by atoms with Crippen molar-refractivity contribution >= 4 is 5.97 Å². The van der Waals surface area contributed by atoms with Crippen molar-refractivity contribution in [3.05, 3.63) is 10.4 Å². The lowest BCUT2D eigenvalue weighted by Gasteiger charge is -2.40. The molecule has 0 aliphatic carbocycles. The summed E-state index contributed by atoms with van der Waals surface area (Å²) in [4.78, 5) is 14.6. The van der Waals surface area contributed by atoms with Crippen molar-refractivity contribution in [3.8, 4) is 0 Å². The molecule has 1 fully saturated rings. The van der Waals surface area contributed by atoms with E-state index in [0.29, 0.717) is 19.4 Å². The van der Waals surface area contributed by atoms with Crippen molar-refractivity contribution < 1.29 is 19.0 Å². The number of hydrogen-bond donors (Lipinski definition) is 0. The maximum absolute atomic E-state index is 11.9. The molecule has 21 heavy (non-hydrogen) atoms.